The van der Waals surface area contributed by atoms with Crippen molar-refractivity contribution in [2.75, 3.05) is 13.1 Å². The van der Waals surface area contributed by atoms with Gasteiger partial charge in [-0.05, 0) is 24.8 Å². The molecule has 1 unspecified atom stereocenters. The van der Waals surface area contributed by atoms with Crippen molar-refractivity contribution in [3.05, 3.63) is 46.2 Å². The minimum atomic E-state index is -4.51. The number of benzene rings is 1. The number of piperidine rings is 1. The van der Waals surface area contributed by atoms with Crippen molar-refractivity contribution in [3.8, 4) is 0 Å². The predicted molar refractivity (Wildman–Crippen MR) is 81.3 cm³/mol. The molecule has 1 saturated heterocycles. The molecule has 1 aromatic carbocycles. The smallest absolute Gasteiger partial charge is 0.322 e. The van der Waals surface area contributed by atoms with E-state index in [4.69, 9.17) is 5.21 Å². The minimum absolute atomic E-state index is 0.00426. The molecule has 7 heteroatoms. The molecule has 126 valence electrons. The van der Waals surface area contributed by atoms with E-state index in [1.54, 1.807) is 6.07 Å². The lowest BCUT2D eigenvalue weighted by atomic mass is 10.0. The Morgan fingerprint density at radius 2 is 2.00 bits per heavy atom. The van der Waals surface area contributed by atoms with Crippen molar-refractivity contribution in [2.24, 2.45) is 5.92 Å². The zero-order valence-corrected chi connectivity index (χ0v) is 12.7. The summed E-state index contributed by atoms with van der Waals surface area (Å²) in [6.45, 7) is 3.90. The number of fused-ring (bicyclic) bond motifs is 1. The number of hydrogen-bond donors (Lipinski definition) is 2. The van der Waals surface area contributed by atoms with E-state index >= 15 is 0 Å². The van der Waals surface area contributed by atoms with Crippen LogP contribution in [0.15, 0.2) is 35.1 Å². The monoisotopic (exact) mass is 328 g/mol. The molecule has 0 aliphatic carbocycles. The highest BCUT2D eigenvalue weighted by Gasteiger charge is 2.33. The topological polar surface area (TPSA) is 56.3 Å². The Hall–Kier alpha value is -1.86. The van der Waals surface area contributed by atoms with Gasteiger partial charge in [-0.25, -0.2) is 0 Å². The first-order chi connectivity index (χ1) is 10.8. The van der Waals surface area contributed by atoms with Gasteiger partial charge in [-0.15, -0.1) is 0 Å². The normalized spacial score (nSPS) is 19.3. The van der Waals surface area contributed by atoms with Gasteiger partial charge in [0.15, 0.2) is 0 Å². The quantitative estimate of drug-likeness (QED) is 0.776. The number of rotatable bonds is 0. The standard InChI is InChI=1S/C10H6F3NO.C6H13NO/c11-10(12,13)7-5-9(15)14-8-4-2-1-3-6(7)8;1-6-3-2-4-7(8)5-6/h1-5H,(H,14,15);6,8H,2-5H2,1H3. The number of H-pyrrole nitrogens is 1. The number of nitrogens with one attached hydrogen (secondary N) is 1. The first kappa shape index (κ1) is 17.5. The Kier molecular flexibility index (Phi) is 5.43. The van der Waals surface area contributed by atoms with Crippen LogP contribution >= 0.6 is 0 Å². The summed E-state index contributed by atoms with van der Waals surface area (Å²) in [5.74, 6) is 0.689. The Morgan fingerprint density at radius 3 is 2.57 bits per heavy atom. The summed E-state index contributed by atoms with van der Waals surface area (Å²) in [5.41, 5.74) is -1.46. The van der Waals surface area contributed by atoms with Gasteiger partial charge < -0.3 is 10.2 Å². The van der Waals surface area contributed by atoms with Gasteiger partial charge in [-0.2, -0.15) is 18.2 Å². The number of pyridine rings is 1. The highest BCUT2D eigenvalue weighted by molar-refractivity contribution is 5.82. The molecule has 1 aromatic heterocycles. The number of alkyl halides is 3. The zero-order chi connectivity index (χ0) is 17.0. The fraction of sp³-hybridized carbons (Fsp3) is 0.438. The fourth-order valence-electron chi connectivity index (χ4n) is 2.60. The van der Waals surface area contributed by atoms with Crippen molar-refractivity contribution in [1.29, 1.82) is 0 Å². The predicted octanol–water partition coefficient (Wildman–Crippen LogP) is 3.65. The summed E-state index contributed by atoms with van der Waals surface area (Å²) in [6.07, 6.45) is -2.08. The Bertz CT molecular complexity index is 704. The molecule has 1 fully saturated rings. The molecule has 2 N–H and O–H groups in total. The van der Waals surface area contributed by atoms with Crippen molar-refractivity contribution in [1.82, 2.24) is 10.0 Å². The van der Waals surface area contributed by atoms with Gasteiger partial charge in [0.2, 0.25) is 5.56 Å². The third-order valence-corrected chi connectivity index (χ3v) is 3.69. The van der Waals surface area contributed by atoms with Crippen LogP contribution in [0.2, 0.25) is 0 Å². The lowest BCUT2D eigenvalue weighted by Crippen LogP contribution is -2.30. The van der Waals surface area contributed by atoms with E-state index in [2.05, 4.69) is 11.9 Å². The second kappa shape index (κ2) is 7.14. The van der Waals surface area contributed by atoms with Crippen molar-refractivity contribution in [2.45, 2.75) is 25.9 Å². The summed E-state index contributed by atoms with van der Waals surface area (Å²) < 4.78 is 37.6. The molecule has 4 nitrogen and oxygen atoms in total. The molecule has 0 spiro atoms. The van der Waals surface area contributed by atoms with Crippen molar-refractivity contribution in [3.63, 3.8) is 0 Å². The van der Waals surface area contributed by atoms with Crippen LogP contribution < -0.4 is 5.56 Å². The number of aromatic nitrogens is 1. The van der Waals surface area contributed by atoms with E-state index in [9.17, 15) is 18.0 Å². The SMILES string of the molecule is CC1CCCN(O)C1.O=c1cc(C(F)(F)F)c2ccccc2[nH]1. The molecule has 1 aliphatic heterocycles. The molecule has 23 heavy (non-hydrogen) atoms. The number of aromatic amines is 1. The molecule has 0 saturated carbocycles. The number of para-hydroxylation sites is 1. The van der Waals surface area contributed by atoms with Crippen LogP contribution in [0.4, 0.5) is 13.2 Å². The van der Waals surface area contributed by atoms with Gasteiger partial charge in [-0.1, -0.05) is 25.1 Å². The van der Waals surface area contributed by atoms with Crippen LogP contribution in [0.3, 0.4) is 0 Å². The van der Waals surface area contributed by atoms with Crippen LogP contribution in [0, 0.1) is 5.92 Å². The molecule has 0 radical (unpaired) electrons. The van der Waals surface area contributed by atoms with Gasteiger partial charge in [0, 0.05) is 30.1 Å². The van der Waals surface area contributed by atoms with Crippen LogP contribution in [0.5, 0.6) is 0 Å². The van der Waals surface area contributed by atoms with Gasteiger partial charge in [0.1, 0.15) is 0 Å². The zero-order valence-electron chi connectivity index (χ0n) is 12.7. The van der Waals surface area contributed by atoms with E-state index in [1.807, 2.05) is 0 Å². The van der Waals surface area contributed by atoms with Crippen LogP contribution in [-0.4, -0.2) is 28.3 Å². The lowest BCUT2D eigenvalue weighted by molar-refractivity contribution is -0.136. The molecular weight excluding hydrogens is 309 g/mol. The minimum Gasteiger partial charge on any atom is -0.322 e. The third-order valence-electron chi connectivity index (χ3n) is 3.69. The first-order valence-electron chi connectivity index (χ1n) is 7.40. The summed E-state index contributed by atoms with van der Waals surface area (Å²) in [5, 5.41) is 10.3. The summed E-state index contributed by atoms with van der Waals surface area (Å²) >= 11 is 0. The van der Waals surface area contributed by atoms with E-state index < -0.39 is 17.3 Å². The Labute approximate surface area is 131 Å². The van der Waals surface area contributed by atoms with Crippen molar-refractivity contribution < 1.29 is 18.4 Å². The first-order valence-corrected chi connectivity index (χ1v) is 7.40. The van der Waals surface area contributed by atoms with E-state index in [0.29, 0.717) is 12.0 Å². The second-order valence-electron chi connectivity index (χ2n) is 5.75. The van der Waals surface area contributed by atoms with Gasteiger partial charge in [0.05, 0.1) is 5.56 Å². The maximum absolute atomic E-state index is 12.5. The van der Waals surface area contributed by atoms with Gasteiger partial charge >= 0.3 is 6.18 Å². The van der Waals surface area contributed by atoms with Crippen LogP contribution in [0.25, 0.3) is 10.9 Å². The second-order valence-corrected chi connectivity index (χ2v) is 5.75. The highest BCUT2D eigenvalue weighted by atomic mass is 19.4. The summed E-state index contributed by atoms with van der Waals surface area (Å²) in [6, 6.07) is 6.40. The fourth-order valence-corrected chi connectivity index (χ4v) is 2.60. The van der Waals surface area contributed by atoms with Crippen LogP contribution in [-0.2, 0) is 6.18 Å². The lowest BCUT2D eigenvalue weighted by Gasteiger charge is -2.24. The molecule has 0 amide bonds. The number of hydrogen-bond acceptors (Lipinski definition) is 3. The summed E-state index contributed by atoms with van der Waals surface area (Å²) in [4.78, 5) is 13.3. The number of nitrogens with zero attached hydrogens (tertiary/aromatic N) is 1. The average Bonchev–Trinajstić information content (AvgIpc) is 2.45. The molecule has 0 bridgehead atoms. The van der Waals surface area contributed by atoms with E-state index in [-0.39, 0.29) is 10.9 Å². The molecule has 1 atom stereocenters. The van der Waals surface area contributed by atoms with Gasteiger partial charge in [0.25, 0.3) is 0 Å². The molecular formula is C16H19F3N2O2. The average molecular weight is 328 g/mol. The summed E-state index contributed by atoms with van der Waals surface area (Å²) in [7, 11) is 0. The molecule has 1 aliphatic rings. The van der Waals surface area contributed by atoms with Gasteiger partial charge in [-0.3, -0.25) is 4.79 Å². The van der Waals surface area contributed by atoms with Crippen LogP contribution in [0.1, 0.15) is 25.3 Å². The number of hydroxylamine groups is 2. The van der Waals surface area contributed by atoms with Crippen molar-refractivity contribution >= 4 is 10.9 Å². The van der Waals surface area contributed by atoms with E-state index in [0.717, 1.165) is 19.5 Å². The molecule has 3 rings (SSSR count). The Morgan fingerprint density at radius 1 is 1.30 bits per heavy atom. The Balaban J connectivity index is 0.000000203. The molecule has 2 aromatic rings. The van der Waals surface area contributed by atoms with E-state index in [1.165, 1.54) is 29.7 Å². The molecule has 2 heterocycles. The maximum atomic E-state index is 12.5. The number of halogens is 3. The largest absolute Gasteiger partial charge is 0.417 e. The maximum Gasteiger partial charge on any atom is 0.417 e. The third kappa shape index (κ3) is 4.80. The highest BCUT2D eigenvalue weighted by Crippen LogP contribution is 2.32.